The summed E-state index contributed by atoms with van der Waals surface area (Å²) in [5.41, 5.74) is 1.31. The van der Waals surface area contributed by atoms with Crippen LogP contribution in [0.5, 0.6) is 17.2 Å². The largest absolute Gasteiger partial charge is 0.496 e. The molecule has 5 rings (SSSR count). The van der Waals surface area contributed by atoms with Crippen molar-refractivity contribution in [2.24, 2.45) is 0 Å². The van der Waals surface area contributed by atoms with Gasteiger partial charge < -0.3 is 14.2 Å². The first-order valence-corrected chi connectivity index (χ1v) is 10.1. The number of carbonyl (C=O) groups excluding carboxylic acids is 1. The Labute approximate surface area is 188 Å². The van der Waals surface area contributed by atoms with Crippen LogP contribution in [0, 0.1) is 0 Å². The van der Waals surface area contributed by atoms with E-state index < -0.39 is 0 Å². The van der Waals surface area contributed by atoms with Gasteiger partial charge in [-0.3, -0.25) is 9.78 Å². The SMILES string of the molecule is COc1cc2c(-c3nnn[nH]3)cnc(C(=O)c3c(OC)ccc4ccccc34)c2cc1OC. The Kier molecular flexibility index (Phi) is 5.06. The van der Waals surface area contributed by atoms with Gasteiger partial charge in [0.2, 0.25) is 5.78 Å². The van der Waals surface area contributed by atoms with Gasteiger partial charge in [-0.05, 0) is 39.4 Å². The van der Waals surface area contributed by atoms with Crippen molar-refractivity contribution >= 4 is 27.3 Å². The third kappa shape index (κ3) is 3.30. The Morgan fingerprint density at radius 2 is 1.58 bits per heavy atom. The van der Waals surface area contributed by atoms with Crippen LogP contribution in [0.3, 0.4) is 0 Å². The topological polar surface area (TPSA) is 112 Å². The van der Waals surface area contributed by atoms with E-state index in [1.807, 2.05) is 30.3 Å². The van der Waals surface area contributed by atoms with Crippen LogP contribution in [0.15, 0.2) is 54.7 Å². The van der Waals surface area contributed by atoms with E-state index in [2.05, 4.69) is 25.6 Å². The van der Waals surface area contributed by atoms with Gasteiger partial charge in [0, 0.05) is 22.5 Å². The number of aromatic nitrogens is 5. The Morgan fingerprint density at radius 1 is 0.848 bits per heavy atom. The number of ether oxygens (including phenoxy) is 3. The average molecular weight is 441 g/mol. The number of tetrazole rings is 1. The number of ketones is 1. The fourth-order valence-corrected chi connectivity index (χ4v) is 3.98. The number of benzene rings is 3. The predicted molar refractivity (Wildman–Crippen MR) is 122 cm³/mol. The summed E-state index contributed by atoms with van der Waals surface area (Å²) < 4.78 is 16.5. The van der Waals surface area contributed by atoms with Crippen molar-refractivity contribution in [3.05, 3.63) is 66.0 Å². The van der Waals surface area contributed by atoms with E-state index in [-0.39, 0.29) is 11.5 Å². The Morgan fingerprint density at radius 3 is 2.27 bits per heavy atom. The number of H-pyrrole nitrogens is 1. The number of hydrogen-bond acceptors (Lipinski definition) is 8. The van der Waals surface area contributed by atoms with Gasteiger partial charge >= 0.3 is 0 Å². The maximum atomic E-state index is 13.9. The number of fused-ring (bicyclic) bond motifs is 2. The minimum atomic E-state index is -0.275. The molecule has 1 N–H and O–H groups in total. The van der Waals surface area contributed by atoms with Crippen molar-refractivity contribution in [3.63, 3.8) is 0 Å². The Hall–Kier alpha value is -4.53. The van der Waals surface area contributed by atoms with Gasteiger partial charge in [0.25, 0.3) is 0 Å². The molecule has 0 atom stereocenters. The smallest absolute Gasteiger partial charge is 0.216 e. The first kappa shape index (κ1) is 20.4. The molecular weight excluding hydrogens is 422 g/mol. The summed E-state index contributed by atoms with van der Waals surface area (Å²) in [4.78, 5) is 18.5. The number of rotatable bonds is 6. The second kappa shape index (κ2) is 8.19. The molecule has 2 aromatic heterocycles. The van der Waals surface area contributed by atoms with Crippen LogP contribution in [0.2, 0.25) is 0 Å². The lowest BCUT2D eigenvalue weighted by Gasteiger charge is -2.15. The van der Waals surface area contributed by atoms with Crippen molar-refractivity contribution in [3.8, 4) is 28.6 Å². The van der Waals surface area contributed by atoms with E-state index in [1.165, 1.54) is 7.11 Å². The molecule has 0 aliphatic rings. The molecule has 0 amide bonds. The van der Waals surface area contributed by atoms with Crippen molar-refractivity contribution in [2.45, 2.75) is 0 Å². The molecule has 9 heteroatoms. The first-order valence-electron chi connectivity index (χ1n) is 10.1. The molecule has 0 aliphatic carbocycles. The predicted octanol–water partition coefficient (Wildman–Crippen LogP) is 3.82. The summed E-state index contributed by atoms with van der Waals surface area (Å²) >= 11 is 0. The molecule has 9 nitrogen and oxygen atoms in total. The number of carbonyl (C=O) groups is 1. The van der Waals surface area contributed by atoms with E-state index >= 15 is 0 Å². The molecule has 0 bridgehead atoms. The summed E-state index contributed by atoms with van der Waals surface area (Å²) in [7, 11) is 4.63. The zero-order valence-corrected chi connectivity index (χ0v) is 18.1. The standard InChI is InChI=1S/C24H19N5O4/c1-31-18-9-8-13-6-4-5-7-14(13)21(18)23(30)22-16-11-20(33-3)19(32-2)10-15(16)17(12-25-22)24-26-28-29-27-24/h4-12H,1-3H3,(H,26,27,28,29). The van der Waals surface area contributed by atoms with E-state index in [4.69, 9.17) is 14.2 Å². The van der Waals surface area contributed by atoms with Gasteiger partial charge in [0.1, 0.15) is 11.4 Å². The molecule has 0 fully saturated rings. The first-order chi connectivity index (χ1) is 16.2. The lowest BCUT2D eigenvalue weighted by Crippen LogP contribution is -2.09. The highest BCUT2D eigenvalue weighted by Crippen LogP contribution is 2.39. The van der Waals surface area contributed by atoms with E-state index in [1.54, 1.807) is 38.6 Å². The van der Waals surface area contributed by atoms with Crippen LogP contribution in [0.25, 0.3) is 32.9 Å². The molecule has 0 aliphatic heterocycles. The summed E-state index contributed by atoms with van der Waals surface area (Å²) in [6.07, 6.45) is 1.57. The Balaban J connectivity index is 1.82. The van der Waals surface area contributed by atoms with Crippen LogP contribution < -0.4 is 14.2 Å². The van der Waals surface area contributed by atoms with Gasteiger partial charge in [-0.2, -0.15) is 0 Å². The number of aromatic amines is 1. The zero-order valence-electron chi connectivity index (χ0n) is 18.1. The molecule has 0 spiro atoms. The van der Waals surface area contributed by atoms with Gasteiger partial charge in [-0.15, -0.1) is 5.10 Å². The molecular formula is C24H19N5O4. The van der Waals surface area contributed by atoms with Crippen LogP contribution in [0.4, 0.5) is 0 Å². The van der Waals surface area contributed by atoms with Gasteiger partial charge in [-0.25, -0.2) is 5.10 Å². The average Bonchev–Trinajstić information content (AvgIpc) is 3.40. The minimum Gasteiger partial charge on any atom is -0.496 e. The maximum absolute atomic E-state index is 13.9. The quantitative estimate of drug-likeness (QED) is 0.396. The fraction of sp³-hybridized carbons (Fsp3) is 0.125. The fourth-order valence-electron chi connectivity index (χ4n) is 3.98. The molecule has 2 heterocycles. The van der Waals surface area contributed by atoms with E-state index in [0.29, 0.717) is 45.0 Å². The van der Waals surface area contributed by atoms with Gasteiger partial charge in [-0.1, -0.05) is 30.3 Å². The molecule has 0 radical (unpaired) electrons. The monoisotopic (exact) mass is 441 g/mol. The highest BCUT2D eigenvalue weighted by Gasteiger charge is 2.24. The second-order valence-electron chi connectivity index (χ2n) is 7.22. The maximum Gasteiger partial charge on any atom is 0.216 e. The van der Waals surface area contributed by atoms with E-state index in [9.17, 15) is 4.79 Å². The lowest BCUT2D eigenvalue weighted by atomic mass is 9.95. The number of hydrogen-bond donors (Lipinski definition) is 1. The summed E-state index contributed by atoms with van der Waals surface area (Å²) in [6.45, 7) is 0. The van der Waals surface area contributed by atoms with Crippen LogP contribution in [-0.2, 0) is 0 Å². The van der Waals surface area contributed by atoms with Gasteiger partial charge in [0.05, 0.1) is 26.9 Å². The number of nitrogens with one attached hydrogen (secondary N) is 1. The van der Waals surface area contributed by atoms with E-state index in [0.717, 1.165) is 10.8 Å². The van der Waals surface area contributed by atoms with Crippen molar-refractivity contribution < 1.29 is 19.0 Å². The third-order valence-corrected chi connectivity index (χ3v) is 5.55. The van der Waals surface area contributed by atoms with Crippen LogP contribution >= 0.6 is 0 Å². The number of methoxy groups -OCH3 is 3. The van der Waals surface area contributed by atoms with Gasteiger partial charge in [0.15, 0.2) is 17.3 Å². The second-order valence-corrected chi connectivity index (χ2v) is 7.22. The number of nitrogens with zero attached hydrogens (tertiary/aromatic N) is 4. The van der Waals surface area contributed by atoms with Crippen molar-refractivity contribution in [1.29, 1.82) is 0 Å². The summed E-state index contributed by atoms with van der Waals surface area (Å²) in [5.74, 6) is 1.59. The molecule has 3 aromatic carbocycles. The molecule has 33 heavy (non-hydrogen) atoms. The highest BCUT2D eigenvalue weighted by atomic mass is 16.5. The third-order valence-electron chi connectivity index (χ3n) is 5.55. The lowest BCUT2D eigenvalue weighted by molar-refractivity contribution is 0.103. The summed E-state index contributed by atoms with van der Waals surface area (Å²) in [6, 6.07) is 14.9. The highest BCUT2D eigenvalue weighted by molar-refractivity contribution is 6.22. The number of pyridine rings is 1. The molecule has 0 saturated heterocycles. The van der Waals surface area contributed by atoms with Crippen LogP contribution in [-0.4, -0.2) is 52.7 Å². The van der Waals surface area contributed by atoms with Crippen molar-refractivity contribution in [2.75, 3.05) is 21.3 Å². The molecule has 0 saturated carbocycles. The normalized spacial score (nSPS) is 11.0. The molecule has 5 aromatic rings. The molecule has 164 valence electrons. The van der Waals surface area contributed by atoms with Crippen molar-refractivity contribution in [1.82, 2.24) is 25.6 Å². The minimum absolute atomic E-state index is 0.247. The molecule has 0 unspecified atom stereocenters. The zero-order chi connectivity index (χ0) is 22.9. The summed E-state index contributed by atoms with van der Waals surface area (Å²) in [5, 5.41) is 17.0. The van der Waals surface area contributed by atoms with Crippen LogP contribution in [0.1, 0.15) is 16.1 Å². The Bertz CT molecular complexity index is 1500.